The van der Waals surface area contributed by atoms with Crippen LogP contribution in [-0.4, -0.2) is 15.9 Å². The number of carbonyl (C=O) groups is 1. The molecule has 0 saturated carbocycles. The third-order valence-corrected chi connectivity index (χ3v) is 4.37. The highest BCUT2D eigenvalue weighted by molar-refractivity contribution is 6.31. The van der Waals surface area contributed by atoms with Crippen LogP contribution in [0, 0.1) is 6.92 Å². The number of aromatic nitrogens is 2. The lowest BCUT2D eigenvalue weighted by molar-refractivity contribution is 0.102. The Bertz CT molecular complexity index is 943. The van der Waals surface area contributed by atoms with E-state index in [0.29, 0.717) is 11.0 Å². The molecule has 2 aromatic carbocycles. The van der Waals surface area contributed by atoms with Crippen LogP contribution in [0.1, 0.15) is 28.5 Å². The summed E-state index contributed by atoms with van der Waals surface area (Å²) in [7, 11) is 0. The third kappa shape index (κ3) is 4.18. The first-order chi connectivity index (χ1) is 12.6. The molecule has 1 heterocycles. The molecule has 0 aliphatic heterocycles. The minimum atomic E-state index is -0.279. The van der Waals surface area contributed by atoms with E-state index in [1.807, 2.05) is 50.2 Å². The van der Waals surface area contributed by atoms with Gasteiger partial charge in [0, 0.05) is 22.6 Å². The second kappa shape index (κ2) is 7.97. The van der Waals surface area contributed by atoms with E-state index in [1.54, 1.807) is 18.3 Å². The molecule has 5 nitrogen and oxygen atoms in total. The zero-order chi connectivity index (χ0) is 18.5. The van der Waals surface area contributed by atoms with Gasteiger partial charge in [-0.1, -0.05) is 42.8 Å². The number of amides is 1. The van der Waals surface area contributed by atoms with Gasteiger partial charge < -0.3 is 10.6 Å². The van der Waals surface area contributed by atoms with Crippen molar-refractivity contribution in [1.29, 1.82) is 0 Å². The largest absolute Gasteiger partial charge is 0.324 e. The van der Waals surface area contributed by atoms with Crippen molar-refractivity contribution >= 4 is 34.8 Å². The summed E-state index contributed by atoms with van der Waals surface area (Å²) in [4.78, 5) is 21.0. The average molecular weight is 367 g/mol. The summed E-state index contributed by atoms with van der Waals surface area (Å²) < 4.78 is 0. The molecule has 0 aliphatic carbocycles. The fourth-order valence-corrected chi connectivity index (χ4v) is 2.66. The lowest BCUT2D eigenvalue weighted by atomic mass is 10.1. The van der Waals surface area contributed by atoms with E-state index in [-0.39, 0.29) is 11.6 Å². The Hall–Kier alpha value is -2.92. The molecule has 26 heavy (non-hydrogen) atoms. The maximum Gasteiger partial charge on any atom is 0.274 e. The van der Waals surface area contributed by atoms with Crippen molar-refractivity contribution in [3.8, 4) is 0 Å². The molecule has 6 heteroatoms. The van der Waals surface area contributed by atoms with Crippen LogP contribution in [0.25, 0.3) is 0 Å². The number of para-hydroxylation sites is 1. The number of anilines is 3. The molecule has 3 rings (SSSR count). The molecule has 1 amide bonds. The number of rotatable bonds is 5. The molecule has 0 saturated heterocycles. The van der Waals surface area contributed by atoms with Crippen LogP contribution in [0.2, 0.25) is 5.02 Å². The number of nitrogens with one attached hydrogen (secondary N) is 2. The fourth-order valence-electron chi connectivity index (χ4n) is 2.48. The zero-order valence-corrected chi connectivity index (χ0v) is 15.3. The maximum absolute atomic E-state index is 12.5. The summed E-state index contributed by atoms with van der Waals surface area (Å²) in [6.45, 7) is 3.98. The Morgan fingerprint density at radius 2 is 1.96 bits per heavy atom. The van der Waals surface area contributed by atoms with Gasteiger partial charge in [-0.2, -0.15) is 0 Å². The van der Waals surface area contributed by atoms with E-state index >= 15 is 0 Å². The molecule has 132 valence electrons. The lowest BCUT2D eigenvalue weighted by Gasteiger charge is -2.10. The normalized spacial score (nSPS) is 10.4. The first-order valence-electron chi connectivity index (χ1n) is 8.32. The second-order valence-corrected chi connectivity index (χ2v) is 6.23. The number of hydrogen-bond donors (Lipinski definition) is 2. The Morgan fingerprint density at radius 1 is 1.15 bits per heavy atom. The van der Waals surface area contributed by atoms with E-state index < -0.39 is 0 Å². The fraction of sp³-hybridized carbons (Fsp3) is 0.150. The van der Waals surface area contributed by atoms with Crippen LogP contribution in [0.3, 0.4) is 0 Å². The van der Waals surface area contributed by atoms with Crippen molar-refractivity contribution in [1.82, 2.24) is 9.97 Å². The van der Waals surface area contributed by atoms with Gasteiger partial charge in [0.2, 0.25) is 5.95 Å². The van der Waals surface area contributed by atoms with Crippen molar-refractivity contribution in [2.24, 2.45) is 0 Å². The molecule has 0 unspecified atom stereocenters. The van der Waals surface area contributed by atoms with E-state index in [2.05, 4.69) is 20.6 Å². The highest BCUT2D eigenvalue weighted by Crippen LogP contribution is 2.22. The number of nitrogens with zero attached hydrogens (tertiary/aromatic N) is 2. The van der Waals surface area contributed by atoms with Crippen LogP contribution in [0.5, 0.6) is 0 Å². The average Bonchev–Trinajstić information content (AvgIpc) is 2.65. The van der Waals surface area contributed by atoms with Gasteiger partial charge in [0.25, 0.3) is 5.91 Å². The Morgan fingerprint density at radius 3 is 2.73 bits per heavy atom. The smallest absolute Gasteiger partial charge is 0.274 e. The molecule has 0 fully saturated rings. The number of carbonyl (C=O) groups excluding carboxylic acids is 1. The molecule has 3 aromatic rings. The van der Waals surface area contributed by atoms with Crippen molar-refractivity contribution < 1.29 is 4.79 Å². The quantitative estimate of drug-likeness (QED) is 0.667. The Balaban J connectivity index is 1.78. The summed E-state index contributed by atoms with van der Waals surface area (Å²) in [6, 6.07) is 14.9. The second-order valence-electron chi connectivity index (χ2n) is 5.82. The van der Waals surface area contributed by atoms with Crippen molar-refractivity contribution in [2.45, 2.75) is 20.3 Å². The summed E-state index contributed by atoms with van der Waals surface area (Å²) in [5.41, 5.74) is 3.89. The van der Waals surface area contributed by atoms with Gasteiger partial charge in [-0.25, -0.2) is 9.97 Å². The van der Waals surface area contributed by atoms with Gasteiger partial charge in [-0.3, -0.25) is 4.79 Å². The molecule has 0 aliphatic rings. The maximum atomic E-state index is 12.5. The molecule has 0 spiro atoms. The van der Waals surface area contributed by atoms with Gasteiger partial charge in [0.1, 0.15) is 5.69 Å². The molecule has 0 radical (unpaired) electrons. The predicted octanol–water partition coefficient (Wildman–Crippen LogP) is 5.00. The van der Waals surface area contributed by atoms with Crippen LogP contribution in [0.4, 0.5) is 17.3 Å². The SMILES string of the molecule is CCc1ccccc1NC(=O)c1ccnc(Nc2ccc(C)c(Cl)c2)n1. The van der Waals surface area contributed by atoms with Crippen LogP contribution in [0.15, 0.2) is 54.7 Å². The van der Waals surface area contributed by atoms with Crippen molar-refractivity contribution in [3.05, 3.63) is 76.6 Å². The van der Waals surface area contributed by atoms with E-state index in [0.717, 1.165) is 28.9 Å². The number of hydrogen-bond acceptors (Lipinski definition) is 4. The molecule has 0 bridgehead atoms. The molecular formula is C20H19ClN4O. The summed E-state index contributed by atoms with van der Waals surface area (Å²) in [5, 5.41) is 6.63. The van der Waals surface area contributed by atoms with Crippen LogP contribution in [-0.2, 0) is 6.42 Å². The minimum absolute atomic E-state index is 0.279. The van der Waals surface area contributed by atoms with Crippen molar-refractivity contribution in [2.75, 3.05) is 10.6 Å². The van der Waals surface area contributed by atoms with E-state index in [4.69, 9.17) is 11.6 Å². The van der Waals surface area contributed by atoms with E-state index in [1.165, 1.54) is 0 Å². The molecular weight excluding hydrogens is 348 g/mol. The van der Waals surface area contributed by atoms with Crippen molar-refractivity contribution in [3.63, 3.8) is 0 Å². The Kier molecular flexibility index (Phi) is 5.49. The molecule has 1 aromatic heterocycles. The van der Waals surface area contributed by atoms with Gasteiger partial charge >= 0.3 is 0 Å². The topological polar surface area (TPSA) is 66.9 Å². The van der Waals surface area contributed by atoms with Crippen LogP contribution < -0.4 is 10.6 Å². The minimum Gasteiger partial charge on any atom is -0.324 e. The van der Waals surface area contributed by atoms with Gasteiger partial charge in [-0.05, 0) is 48.7 Å². The highest BCUT2D eigenvalue weighted by Gasteiger charge is 2.11. The first-order valence-corrected chi connectivity index (χ1v) is 8.70. The number of aryl methyl sites for hydroxylation is 2. The first kappa shape index (κ1) is 17.9. The van der Waals surface area contributed by atoms with Gasteiger partial charge in [0.15, 0.2) is 0 Å². The Labute approximate surface area is 157 Å². The summed E-state index contributed by atoms with van der Waals surface area (Å²) in [5.74, 6) is 0.0552. The highest BCUT2D eigenvalue weighted by atomic mass is 35.5. The lowest BCUT2D eigenvalue weighted by Crippen LogP contribution is -2.15. The monoisotopic (exact) mass is 366 g/mol. The summed E-state index contributed by atoms with van der Waals surface area (Å²) >= 11 is 6.14. The van der Waals surface area contributed by atoms with E-state index in [9.17, 15) is 4.79 Å². The van der Waals surface area contributed by atoms with Gasteiger partial charge in [-0.15, -0.1) is 0 Å². The summed E-state index contributed by atoms with van der Waals surface area (Å²) in [6.07, 6.45) is 2.38. The third-order valence-electron chi connectivity index (χ3n) is 3.96. The van der Waals surface area contributed by atoms with Gasteiger partial charge in [0.05, 0.1) is 0 Å². The number of benzene rings is 2. The number of halogens is 1. The standard InChI is InChI=1S/C20H19ClN4O/c1-3-14-6-4-5-7-17(14)24-19(26)18-10-11-22-20(25-18)23-15-9-8-13(2)16(21)12-15/h4-12H,3H2,1-2H3,(H,24,26)(H,22,23,25). The van der Waals surface area contributed by atoms with Crippen LogP contribution >= 0.6 is 11.6 Å². The molecule has 2 N–H and O–H groups in total. The predicted molar refractivity (Wildman–Crippen MR) is 105 cm³/mol. The zero-order valence-electron chi connectivity index (χ0n) is 14.6. The molecule has 0 atom stereocenters.